The Hall–Kier alpha value is -2.15. The van der Waals surface area contributed by atoms with E-state index in [2.05, 4.69) is 10.3 Å². The number of imidazole rings is 1. The third kappa shape index (κ3) is 3.61. The van der Waals surface area contributed by atoms with Gasteiger partial charge < -0.3 is 19.4 Å². The normalized spacial score (nSPS) is 13.8. The second-order valence-electron chi connectivity index (χ2n) is 5.19. The number of carbonyl (C=O) groups excluding carboxylic acids is 1. The number of hydrogen-bond donors (Lipinski definition) is 1. The van der Waals surface area contributed by atoms with Gasteiger partial charge in [0.25, 0.3) is 0 Å². The van der Waals surface area contributed by atoms with Gasteiger partial charge in [-0.1, -0.05) is 17.8 Å². The van der Waals surface area contributed by atoms with E-state index < -0.39 is 0 Å². The molecule has 7 heteroatoms. The van der Waals surface area contributed by atoms with Crippen LogP contribution in [-0.2, 0) is 11.3 Å². The minimum Gasteiger partial charge on any atom is -0.454 e. The fourth-order valence-corrected chi connectivity index (χ4v) is 3.19. The molecule has 1 amide bonds. The molecule has 1 atom stereocenters. The van der Waals surface area contributed by atoms with Crippen molar-refractivity contribution in [1.29, 1.82) is 0 Å². The molecule has 0 saturated heterocycles. The van der Waals surface area contributed by atoms with Crippen LogP contribution < -0.4 is 14.8 Å². The van der Waals surface area contributed by atoms with Crippen LogP contribution in [0.5, 0.6) is 11.5 Å². The summed E-state index contributed by atoms with van der Waals surface area (Å²) in [6, 6.07) is 5.62. The number of benzene rings is 1. The lowest BCUT2D eigenvalue weighted by Crippen LogP contribution is -2.28. The van der Waals surface area contributed by atoms with Crippen molar-refractivity contribution in [3.05, 3.63) is 36.2 Å². The minimum absolute atomic E-state index is 0.0224. The Bertz CT molecular complexity index is 702. The number of amides is 1. The predicted octanol–water partition coefficient (Wildman–Crippen LogP) is 2.60. The number of thioether (sulfide) groups is 1. The molecule has 0 radical (unpaired) electrons. The van der Waals surface area contributed by atoms with Crippen LogP contribution in [0.3, 0.4) is 0 Å². The standard InChI is InChI=1S/C16H19N3O3S/c1-3-19-7-6-17-16(19)23-9-15(20)18-11(2)12-4-5-13-14(8-12)22-10-21-13/h4-8,11H,3,9-10H2,1-2H3,(H,18,20)/t11-/m1/s1. The van der Waals surface area contributed by atoms with Gasteiger partial charge in [0.05, 0.1) is 11.8 Å². The quantitative estimate of drug-likeness (QED) is 0.823. The number of nitrogens with zero attached hydrogens (tertiary/aromatic N) is 2. The van der Waals surface area contributed by atoms with Crippen LogP contribution in [0, 0.1) is 0 Å². The number of aryl methyl sites for hydroxylation is 1. The smallest absolute Gasteiger partial charge is 0.231 e. The number of rotatable bonds is 6. The van der Waals surface area contributed by atoms with E-state index in [1.54, 1.807) is 6.20 Å². The van der Waals surface area contributed by atoms with E-state index in [9.17, 15) is 4.79 Å². The van der Waals surface area contributed by atoms with Crippen molar-refractivity contribution < 1.29 is 14.3 Å². The summed E-state index contributed by atoms with van der Waals surface area (Å²) in [5, 5.41) is 3.85. The molecule has 0 saturated carbocycles. The lowest BCUT2D eigenvalue weighted by atomic mass is 10.1. The van der Waals surface area contributed by atoms with E-state index >= 15 is 0 Å². The summed E-state index contributed by atoms with van der Waals surface area (Å²) in [5.41, 5.74) is 0.989. The Morgan fingerprint density at radius 1 is 1.43 bits per heavy atom. The molecule has 0 bridgehead atoms. The van der Waals surface area contributed by atoms with E-state index in [0.29, 0.717) is 5.75 Å². The van der Waals surface area contributed by atoms with Crippen molar-refractivity contribution in [3.63, 3.8) is 0 Å². The molecule has 1 aliphatic rings. The maximum absolute atomic E-state index is 12.1. The first-order chi connectivity index (χ1) is 11.2. The summed E-state index contributed by atoms with van der Waals surface area (Å²) in [6.45, 7) is 5.10. The molecule has 0 spiro atoms. The Morgan fingerprint density at radius 3 is 3.09 bits per heavy atom. The van der Waals surface area contributed by atoms with E-state index in [1.807, 2.05) is 42.8 Å². The Kier molecular flexibility index (Phi) is 4.76. The second kappa shape index (κ2) is 6.95. The van der Waals surface area contributed by atoms with Crippen LogP contribution in [0.15, 0.2) is 35.7 Å². The Morgan fingerprint density at radius 2 is 2.26 bits per heavy atom. The van der Waals surface area contributed by atoms with Crippen molar-refractivity contribution in [3.8, 4) is 11.5 Å². The van der Waals surface area contributed by atoms with E-state index in [-0.39, 0.29) is 18.7 Å². The van der Waals surface area contributed by atoms with Crippen LogP contribution in [0.1, 0.15) is 25.5 Å². The molecule has 23 heavy (non-hydrogen) atoms. The van der Waals surface area contributed by atoms with Crippen molar-refractivity contribution in [1.82, 2.24) is 14.9 Å². The van der Waals surface area contributed by atoms with Crippen molar-refractivity contribution >= 4 is 17.7 Å². The van der Waals surface area contributed by atoms with Crippen LogP contribution in [0.2, 0.25) is 0 Å². The molecule has 0 aliphatic carbocycles. The zero-order valence-electron chi connectivity index (χ0n) is 13.1. The number of aromatic nitrogens is 2. The SMILES string of the molecule is CCn1ccnc1SCC(=O)N[C@H](C)c1ccc2c(c1)OCO2. The highest BCUT2D eigenvalue weighted by Gasteiger charge is 2.17. The molecule has 2 aromatic rings. The average molecular weight is 333 g/mol. The molecule has 0 fully saturated rings. The highest BCUT2D eigenvalue weighted by atomic mass is 32.2. The topological polar surface area (TPSA) is 65.4 Å². The van der Waals surface area contributed by atoms with Gasteiger partial charge in [-0.25, -0.2) is 4.98 Å². The van der Waals surface area contributed by atoms with E-state index in [1.165, 1.54) is 11.8 Å². The third-order valence-electron chi connectivity index (χ3n) is 3.62. The summed E-state index contributed by atoms with van der Waals surface area (Å²) in [7, 11) is 0. The number of nitrogens with one attached hydrogen (secondary N) is 1. The molecule has 6 nitrogen and oxygen atoms in total. The van der Waals surface area contributed by atoms with E-state index in [0.717, 1.165) is 28.8 Å². The van der Waals surface area contributed by atoms with Crippen molar-refractivity contribution in [2.24, 2.45) is 0 Å². The molecular weight excluding hydrogens is 314 g/mol. The van der Waals surface area contributed by atoms with Gasteiger partial charge in [0, 0.05) is 18.9 Å². The summed E-state index contributed by atoms with van der Waals surface area (Å²) >= 11 is 1.44. The lowest BCUT2D eigenvalue weighted by molar-refractivity contribution is -0.119. The monoisotopic (exact) mass is 333 g/mol. The highest BCUT2D eigenvalue weighted by Crippen LogP contribution is 2.34. The molecule has 1 N–H and O–H groups in total. The van der Waals surface area contributed by atoms with Gasteiger partial charge in [-0.05, 0) is 31.5 Å². The predicted molar refractivity (Wildman–Crippen MR) is 87.7 cm³/mol. The largest absolute Gasteiger partial charge is 0.454 e. The molecule has 1 aliphatic heterocycles. The minimum atomic E-state index is -0.0940. The van der Waals surface area contributed by atoms with Crippen LogP contribution >= 0.6 is 11.8 Å². The zero-order valence-corrected chi connectivity index (χ0v) is 13.9. The molecule has 122 valence electrons. The lowest BCUT2D eigenvalue weighted by Gasteiger charge is -2.14. The van der Waals surface area contributed by atoms with Gasteiger partial charge in [-0.3, -0.25) is 4.79 Å². The van der Waals surface area contributed by atoms with Gasteiger partial charge in [0.15, 0.2) is 16.7 Å². The third-order valence-corrected chi connectivity index (χ3v) is 4.63. The first kappa shape index (κ1) is 15.7. The molecule has 1 aromatic carbocycles. The van der Waals surface area contributed by atoms with Crippen molar-refractivity contribution in [2.45, 2.75) is 31.6 Å². The van der Waals surface area contributed by atoms with Crippen LogP contribution in [0.25, 0.3) is 0 Å². The van der Waals surface area contributed by atoms with Gasteiger partial charge in [-0.15, -0.1) is 0 Å². The highest BCUT2D eigenvalue weighted by molar-refractivity contribution is 7.99. The summed E-state index contributed by atoms with van der Waals surface area (Å²) in [5.74, 6) is 1.79. The summed E-state index contributed by atoms with van der Waals surface area (Å²) in [4.78, 5) is 16.4. The summed E-state index contributed by atoms with van der Waals surface area (Å²) < 4.78 is 12.7. The van der Waals surface area contributed by atoms with E-state index in [4.69, 9.17) is 9.47 Å². The number of ether oxygens (including phenoxy) is 2. The number of carbonyl (C=O) groups is 1. The number of hydrogen-bond acceptors (Lipinski definition) is 5. The molecule has 2 heterocycles. The first-order valence-electron chi connectivity index (χ1n) is 7.50. The maximum atomic E-state index is 12.1. The van der Waals surface area contributed by atoms with Gasteiger partial charge in [0.1, 0.15) is 0 Å². The first-order valence-corrected chi connectivity index (χ1v) is 8.48. The van der Waals surface area contributed by atoms with Crippen molar-refractivity contribution in [2.75, 3.05) is 12.5 Å². The van der Waals surface area contributed by atoms with Gasteiger partial charge in [0.2, 0.25) is 12.7 Å². The fraction of sp³-hybridized carbons (Fsp3) is 0.375. The summed E-state index contributed by atoms with van der Waals surface area (Å²) in [6.07, 6.45) is 3.66. The van der Waals surface area contributed by atoms with Crippen LogP contribution in [0.4, 0.5) is 0 Å². The molecular formula is C16H19N3O3S. The Labute approximate surface area is 139 Å². The molecule has 3 rings (SSSR count). The maximum Gasteiger partial charge on any atom is 0.231 e. The van der Waals surface area contributed by atoms with Crippen LogP contribution in [-0.4, -0.2) is 28.0 Å². The van der Waals surface area contributed by atoms with Gasteiger partial charge in [-0.2, -0.15) is 0 Å². The second-order valence-corrected chi connectivity index (χ2v) is 6.13. The fourth-order valence-electron chi connectivity index (χ4n) is 2.36. The average Bonchev–Trinajstić information content (AvgIpc) is 3.20. The zero-order chi connectivity index (χ0) is 16.2. The Balaban J connectivity index is 1.55. The molecule has 1 aromatic heterocycles. The molecule has 0 unspecified atom stereocenters. The van der Waals surface area contributed by atoms with Gasteiger partial charge >= 0.3 is 0 Å². The number of fused-ring (bicyclic) bond motifs is 1.